The molecule has 66 valence electrons. The van der Waals surface area contributed by atoms with Crippen LogP contribution in [0.2, 0.25) is 0 Å². The molecule has 0 bridgehead atoms. The van der Waals surface area contributed by atoms with Crippen molar-refractivity contribution in [3.8, 4) is 0 Å². The summed E-state index contributed by atoms with van der Waals surface area (Å²) in [6.45, 7) is 3.73. The molecule has 12 heavy (non-hydrogen) atoms. The molecule has 0 radical (unpaired) electrons. The van der Waals surface area contributed by atoms with Gasteiger partial charge in [-0.3, -0.25) is 0 Å². The largest absolute Gasteiger partial charge is 0.463 e. The second-order valence-corrected chi connectivity index (χ2v) is 3.83. The molecule has 0 spiro atoms. The van der Waals surface area contributed by atoms with Crippen LogP contribution in [0.5, 0.6) is 0 Å². The van der Waals surface area contributed by atoms with Gasteiger partial charge in [0, 0.05) is 0 Å². The van der Waals surface area contributed by atoms with Crippen LogP contribution >= 0.6 is 0 Å². The van der Waals surface area contributed by atoms with Gasteiger partial charge < -0.3 is 9.52 Å². The first-order chi connectivity index (χ1) is 5.60. The Hall–Kier alpha value is -0.760. The molecule has 0 saturated heterocycles. The van der Waals surface area contributed by atoms with Crippen LogP contribution < -0.4 is 0 Å². The minimum atomic E-state index is -0.742. The van der Waals surface area contributed by atoms with E-state index in [1.165, 1.54) is 0 Å². The van der Waals surface area contributed by atoms with E-state index in [9.17, 15) is 5.11 Å². The van der Waals surface area contributed by atoms with E-state index in [2.05, 4.69) is 0 Å². The third-order valence-electron chi connectivity index (χ3n) is 2.61. The number of hydrogen-bond acceptors (Lipinski definition) is 2. The van der Waals surface area contributed by atoms with Gasteiger partial charge >= 0.3 is 0 Å². The smallest absolute Gasteiger partial charge is 0.135 e. The Balaban J connectivity index is 2.27. The molecule has 2 rings (SSSR count). The van der Waals surface area contributed by atoms with E-state index in [1.807, 2.05) is 26.0 Å². The fourth-order valence-corrected chi connectivity index (χ4v) is 1.55. The Morgan fingerprint density at radius 2 is 2.17 bits per heavy atom. The summed E-state index contributed by atoms with van der Waals surface area (Å²) in [4.78, 5) is 0. The molecule has 2 nitrogen and oxygen atoms in total. The van der Waals surface area contributed by atoms with Crippen molar-refractivity contribution in [1.29, 1.82) is 0 Å². The summed E-state index contributed by atoms with van der Waals surface area (Å²) < 4.78 is 5.40. The molecule has 1 unspecified atom stereocenters. The van der Waals surface area contributed by atoms with Crippen LogP contribution in [-0.2, 0) is 5.60 Å². The summed E-state index contributed by atoms with van der Waals surface area (Å²) >= 11 is 0. The molecular formula is C10H14O2. The Kier molecular flexibility index (Phi) is 1.55. The summed E-state index contributed by atoms with van der Waals surface area (Å²) in [5.74, 6) is 1.98. The molecule has 1 fully saturated rings. The van der Waals surface area contributed by atoms with Gasteiger partial charge in [0.2, 0.25) is 0 Å². The molecule has 1 N–H and O–H groups in total. The van der Waals surface area contributed by atoms with Crippen LogP contribution in [0.4, 0.5) is 0 Å². The third kappa shape index (κ3) is 1.16. The average Bonchev–Trinajstić information content (AvgIpc) is 2.75. The van der Waals surface area contributed by atoms with Gasteiger partial charge in [0.15, 0.2) is 0 Å². The van der Waals surface area contributed by atoms with Crippen molar-refractivity contribution in [2.75, 3.05) is 0 Å². The minimum Gasteiger partial charge on any atom is -0.463 e. The molecule has 1 saturated carbocycles. The SMILES string of the molecule is Cc1ccc(C(C)(O)C2CC2)o1. The van der Waals surface area contributed by atoms with Gasteiger partial charge in [0.05, 0.1) is 0 Å². The van der Waals surface area contributed by atoms with Crippen LogP contribution in [-0.4, -0.2) is 5.11 Å². The van der Waals surface area contributed by atoms with Crippen LogP contribution in [0.1, 0.15) is 31.3 Å². The molecule has 0 aliphatic heterocycles. The maximum Gasteiger partial charge on any atom is 0.135 e. The second kappa shape index (κ2) is 2.36. The van der Waals surface area contributed by atoms with E-state index in [-0.39, 0.29) is 0 Å². The standard InChI is InChI=1S/C10H14O2/c1-7-3-6-9(12-7)10(2,11)8-4-5-8/h3,6,8,11H,4-5H2,1-2H3. The molecule has 2 heteroatoms. The van der Waals surface area contributed by atoms with E-state index in [0.29, 0.717) is 11.7 Å². The van der Waals surface area contributed by atoms with Crippen molar-refractivity contribution in [3.63, 3.8) is 0 Å². The Morgan fingerprint density at radius 3 is 2.58 bits per heavy atom. The summed E-state index contributed by atoms with van der Waals surface area (Å²) in [5.41, 5.74) is -0.742. The fourth-order valence-electron chi connectivity index (χ4n) is 1.55. The molecular weight excluding hydrogens is 152 g/mol. The first kappa shape index (κ1) is 7.87. The van der Waals surface area contributed by atoms with E-state index < -0.39 is 5.60 Å². The number of rotatable bonds is 2. The second-order valence-electron chi connectivity index (χ2n) is 3.83. The highest BCUT2D eigenvalue weighted by molar-refractivity contribution is 5.15. The summed E-state index contributed by atoms with van der Waals surface area (Å²) in [5, 5.41) is 10.0. The van der Waals surface area contributed by atoms with Crippen molar-refractivity contribution in [1.82, 2.24) is 0 Å². The highest BCUT2D eigenvalue weighted by atomic mass is 16.4. The van der Waals surface area contributed by atoms with E-state index in [1.54, 1.807) is 0 Å². The van der Waals surface area contributed by atoms with Gasteiger partial charge in [0.25, 0.3) is 0 Å². The first-order valence-corrected chi connectivity index (χ1v) is 4.40. The quantitative estimate of drug-likeness (QED) is 0.730. The molecule has 0 aromatic carbocycles. The monoisotopic (exact) mass is 166 g/mol. The first-order valence-electron chi connectivity index (χ1n) is 4.40. The number of aliphatic hydroxyl groups is 1. The van der Waals surface area contributed by atoms with Gasteiger partial charge in [-0.2, -0.15) is 0 Å². The zero-order chi connectivity index (χ0) is 8.77. The van der Waals surface area contributed by atoms with E-state index in [4.69, 9.17) is 4.42 Å². The van der Waals surface area contributed by atoms with Gasteiger partial charge in [0.1, 0.15) is 17.1 Å². The van der Waals surface area contributed by atoms with E-state index >= 15 is 0 Å². The van der Waals surface area contributed by atoms with Gasteiger partial charge in [-0.25, -0.2) is 0 Å². The maximum atomic E-state index is 10.0. The summed E-state index contributed by atoms with van der Waals surface area (Å²) in [6.07, 6.45) is 2.24. The topological polar surface area (TPSA) is 33.4 Å². The number of furan rings is 1. The lowest BCUT2D eigenvalue weighted by molar-refractivity contribution is 0.0106. The Bertz CT molecular complexity index is 282. The minimum absolute atomic E-state index is 0.406. The molecule has 1 aliphatic rings. The van der Waals surface area contributed by atoms with Crippen molar-refractivity contribution in [2.24, 2.45) is 5.92 Å². The third-order valence-corrected chi connectivity index (χ3v) is 2.61. The highest BCUT2D eigenvalue weighted by Crippen LogP contribution is 2.45. The van der Waals surface area contributed by atoms with Gasteiger partial charge in [-0.15, -0.1) is 0 Å². The molecule has 1 aromatic heterocycles. The molecule has 0 amide bonds. The maximum absolute atomic E-state index is 10.0. The van der Waals surface area contributed by atoms with Crippen LogP contribution in [0, 0.1) is 12.8 Å². The fraction of sp³-hybridized carbons (Fsp3) is 0.600. The molecule has 1 heterocycles. The number of hydrogen-bond donors (Lipinski definition) is 1. The average molecular weight is 166 g/mol. The highest BCUT2D eigenvalue weighted by Gasteiger charge is 2.43. The zero-order valence-corrected chi connectivity index (χ0v) is 7.50. The van der Waals surface area contributed by atoms with Gasteiger partial charge in [-0.1, -0.05) is 0 Å². The molecule has 1 atom stereocenters. The lowest BCUT2D eigenvalue weighted by Gasteiger charge is -2.19. The van der Waals surface area contributed by atoms with Crippen molar-refractivity contribution < 1.29 is 9.52 Å². The van der Waals surface area contributed by atoms with Crippen molar-refractivity contribution >= 4 is 0 Å². The molecule has 1 aromatic rings. The van der Waals surface area contributed by atoms with Crippen LogP contribution in [0.25, 0.3) is 0 Å². The zero-order valence-electron chi connectivity index (χ0n) is 7.50. The Morgan fingerprint density at radius 1 is 1.50 bits per heavy atom. The lowest BCUT2D eigenvalue weighted by Crippen LogP contribution is -2.22. The van der Waals surface area contributed by atoms with Gasteiger partial charge in [-0.05, 0) is 44.7 Å². The normalized spacial score (nSPS) is 22.2. The predicted octanol–water partition coefficient (Wildman–Crippen LogP) is 2.21. The number of aryl methyl sites for hydroxylation is 1. The summed E-state index contributed by atoms with van der Waals surface area (Å²) in [6, 6.07) is 3.76. The lowest BCUT2D eigenvalue weighted by atomic mass is 9.98. The van der Waals surface area contributed by atoms with Crippen LogP contribution in [0.3, 0.4) is 0 Å². The predicted molar refractivity (Wildman–Crippen MR) is 45.7 cm³/mol. The van der Waals surface area contributed by atoms with Crippen LogP contribution in [0.15, 0.2) is 16.5 Å². The van der Waals surface area contributed by atoms with E-state index in [0.717, 1.165) is 18.6 Å². The van der Waals surface area contributed by atoms with Crippen molar-refractivity contribution in [2.45, 2.75) is 32.3 Å². The molecule has 1 aliphatic carbocycles. The van der Waals surface area contributed by atoms with Crippen molar-refractivity contribution in [3.05, 3.63) is 23.7 Å². The summed E-state index contributed by atoms with van der Waals surface area (Å²) in [7, 11) is 0. The Labute approximate surface area is 72.2 Å².